The Labute approximate surface area is 62.8 Å². The van der Waals surface area contributed by atoms with Crippen LogP contribution < -0.4 is 0 Å². The van der Waals surface area contributed by atoms with Crippen LogP contribution in [0.4, 0.5) is 0 Å². The van der Waals surface area contributed by atoms with E-state index in [0.717, 1.165) is 11.7 Å². The summed E-state index contributed by atoms with van der Waals surface area (Å²) in [5.41, 5.74) is 0. The molecule has 0 bridgehead atoms. The minimum atomic E-state index is 0.937. The smallest absolute Gasteiger partial charge is 0.000738 e. The predicted molar refractivity (Wildman–Crippen MR) is 44.1 cm³/mol. The number of likely N-dealkylation sites (tertiary alicyclic amines) is 1. The van der Waals surface area contributed by atoms with Crippen molar-refractivity contribution in [3.63, 3.8) is 0 Å². The van der Waals surface area contributed by atoms with Crippen LogP contribution in [0, 0.1) is 5.92 Å². The molecule has 1 fully saturated rings. The third-order valence-electron chi connectivity index (χ3n) is 2.03. The Hall–Kier alpha value is 0.310. The van der Waals surface area contributed by atoms with Crippen molar-refractivity contribution in [2.75, 3.05) is 25.9 Å². The topological polar surface area (TPSA) is 3.24 Å². The zero-order valence-electron chi connectivity index (χ0n) is 6.01. The summed E-state index contributed by atoms with van der Waals surface area (Å²) >= 11 is 4.21. The van der Waals surface area contributed by atoms with Gasteiger partial charge in [-0.3, -0.25) is 0 Å². The maximum Gasteiger partial charge on any atom is 0.000738 e. The van der Waals surface area contributed by atoms with Crippen LogP contribution in [0.1, 0.15) is 12.8 Å². The highest BCUT2D eigenvalue weighted by Crippen LogP contribution is 2.17. The molecular weight excluding hydrogens is 130 g/mol. The van der Waals surface area contributed by atoms with E-state index in [1.54, 1.807) is 0 Å². The molecule has 1 saturated heterocycles. The summed E-state index contributed by atoms with van der Waals surface area (Å²) in [6, 6.07) is 0. The molecule has 1 rings (SSSR count). The van der Waals surface area contributed by atoms with Crippen LogP contribution in [0.2, 0.25) is 0 Å². The summed E-state index contributed by atoms with van der Waals surface area (Å²) in [6.45, 7) is 2.58. The van der Waals surface area contributed by atoms with Gasteiger partial charge in [0.05, 0.1) is 0 Å². The van der Waals surface area contributed by atoms with E-state index < -0.39 is 0 Å². The Bertz CT molecular complexity index is 83.0. The molecular formula is C7H15NS. The first-order chi connectivity index (χ1) is 4.33. The molecule has 54 valence electrons. The average Bonchev–Trinajstić information content (AvgIpc) is 2.17. The number of nitrogens with zero attached hydrogens (tertiary/aromatic N) is 1. The van der Waals surface area contributed by atoms with E-state index in [1.165, 1.54) is 25.9 Å². The second kappa shape index (κ2) is 3.47. The monoisotopic (exact) mass is 145 g/mol. The SMILES string of the molecule is CN1CCC(CCS)C1. The van der Waals surface area contributed by atoms with Gasteiger partial charge in [-0.2, -0.15) is 12.6 Å². The first-order valence-corrected chi connectivity index (χ1v) is 4.25. The van der Waals surface area contributed by atoms with E-state index in [0.29, 0.717) is 0 Å². The molecule has 0 saturated carbocycles. The molecule has 0 aliphatic carbocycles. The minimum Gasteiger partial charge on any atom is -0.306 e. The van der Waals surface area contributed by atoms with Crippen molar-refractivity contribution < 1.29 is 0 Å². The fourth-order valence-corrected chi connectivity index (χ4v) is 1.81. The molecule has 1 heterocycles. The first-order valence-electron chi connectivity index (χ1n) is 3.62. The fourth-order valence-electron chi connectivity index (χ4n) is 1.44. The van der Waals surface area contributed by atoms with Gasteiger partial charge >= 0.3 is 0 Å². The van der Waals surface area contributed by atoms with Crippen molar-refractivity contribution in [1.29, 1.82) is 0 Å². The molecule has 0 radical (unpaired) electrons. The summed E-state index contributed by atoms with van der Waals surface area (Å²) in [4.78, 5) is 2.40. The molecule has 0 aromatic rings. The van der Waals surface area contributed by atoms with E-state index in [1.807, 2.05) is 0 Å². The zero-order chi connectivity index (χ0) is 6.69. The standard InChI is InChI=1S/C7H15NS/c1-8-4-2-7(6-8)3-5-9/h7,9H,2-6H2,1H3. The van der Waals surface area contributed by atoms with E-state index in [9.17, 15) is 0 Å². The summed E-state index contributed by atoms with van der Waals surface area (Å²) < 4.78 is 0. The molecule has 1 aliphatic heterocycles. The van der Waals surface area contributed by atoms with Crippen LogP contribution in [0.15, 0.2) is 0 Å². The number of thiol groups is 1. The lowest BCUT2D eigenvalue weighted by Crippen LogP contribution is -2.14. The van der Waals surface area contributed by atoms with E-state index >= 15 is 0 Å². The van der Waals surface area contributed by atoms with Gasteiger partial charge < -0.3 is 4.90 Å². The number of hydrogen-bond acceptors (Lipinski definition) is 2. The Kier molecular flexibility index (Phi) is 2.86. The number of hydrogen-bond donors (Lipinski definition) is 1. The van der Waals surface area contributed by atoms with Crippen molar-refractivity contribution in [2.24, 2.45) is 5.92 Å². The lowest BCUT2D eigenvalue weighted by molar-refractivity contribution is 0.393. The van der Waals surface area contributed by atoms with Crippen LogP contribution in [-0.4, -0.2) is 30.8 Å². The Morgan fingerprint density at radius 1 is 1.67 bits per heavy atom. The summed E-state index contributed by atoms with van der Waals surface area (Å²) in [6.07, 6.45) is 2.69. The van der Waals surface area contributed by atoms with Crippen LogP contribution in [0.25, 0.3) is 0 Å². The molecule has 0 spiro atoms. The quantitative estimate of drug-likeness (QED) is 0.572. The highest BCUT2D eigenvalue weighted by atomic mass is 32.1. The van der Waals surface area contributed by atoms with Crippen molar-refractivity contribution in [3.8, 4) is 0 Å². The highest BCUT2D eigenvalue weighted by Gasteiger charge is 2.17. The Morgan fingerprint density at radius 3 is 2.89 bits per heavy atom. The maximum absolute atomic E-state index is 4.21. The summed E-state index contributed by atoms with van der Waals surface area (Å²) in [5.74, 6) is 1.99. The molecule has 0 aromatic carbocycles. The third kappa shape index (κ3) is 2.18. The Balaban J connectivity index is 2.14. The van der Waals surface area contributed by atoms with Crippen molar-refractivity contribution >= 4 is 12.6 Å². The van der Waals surface area contributed by atoms with Gasteiger partial charge in [0, 0.05) is 6.54 Å². The Morgan fingerprint density at radius 2 is 2.44 bits per heavy atom. The van der Waals surface area contributed by atoms with Crippen LogP contribution in [0.3, 0.4) is 0 Å². The third-order valence-corrected chi connectivity index (χ3v) is 2.28. The van der Waals surface area contributed by atoms with Crippen LogP contribution >= 0.6 is 12.6 Å². The fraction of sp³-hybridized carbons (Fsp3) is 1.00. The molecule has 0 N–H and O–H groups in total. The van der Waals surface area contributed by atoms with Gasteiger partial charge in [0.1, 0.15) is 0 Å². The van der Waals surface area contributed by atoms with Crippen molar-refractivity contribution in [2.45, 2.75) is 12.8 Å². The lowest BCUT2D eigenvalue weighted by Gasteiger charge is -2.07. The lowest BCUT2D eigenvalue weighted by atomic mass is 10.1. The molecule has 1 atom stereocenters. The maximum atomic E-state index is 4.21. The highest BCUT2D eigenvalue weighted by molar-refractivity contribution is 7.80. The molecule has 0 amide bonds. The van der Waals surface area contributed by atoms with Crippen molar-refractivity contribution in [3.05, 3.63) is 0 Å². The zero-order valence-corrected chi connectivity index (χ0v) is 6.90. The normalized spacial score (nSPS) is 29.3. The van der Waals surface area contributed by atoms with Gasteiger partial charge in [0.25, 0.3) is 0 Å². The molecule has 2 heteroatoms. The second-order valence-electron chi connectivity index (χ2n) is 2.93. The van der Waals surface area contributed by atoms with E-state index in [-0.39, 0.29) is 0 Å². The minimum absolute atomic E-state index is 0.937. The van der Waals surface area contributed by atoms with Crippen LogP contribution in [0.5, 0.6) is 0 Å². The van der Waals surface area contributed by atoms with Gasteiger partial charge in [0.15, 0.2) is 0 Å². The van der Waals surface area contributed by atoms with Gasteiger partial charge in [-0.25, -0.2) is 0 Å². The van der Waals surface area contributed by atoms with Gasteiger partial charge in [-0.05, 0) is 38.1 Å². The average molecular weight is 145 g/mol. The van der Waals surface area contributed by atoms with Crippen LogP contribution in [-0.2, 0) is 0 Å². The molecule has 9 heavy (non-hydrogen) atoms. The van der Waals surface area contributed by atoms with E-state index in [4.69, 9.17) is 0 Å². The van der Waals surface area contributed by atoms with Gasteiger partial charge in [0.2, 0.25) is 0 Å². The molecule has 0 aromatic heterocycles. The molecule has 1 aliphatic rings. The summed E-state index contributed by atoms with van der Waals surface area (Å²) in [7, 11) is 2.19. The van der Waals surface area contributed by atoms with Crippen molar-refractivity contribution in [1.82, 2.24) is 4.90 Å². The first kappa shape index (κ1) is 7.42. The number of rotatable bonds is 2. The molecule has 1 unspecified atom stereocenters. The summed E-state index contributed by atoms with van der Waals surface area (Å²) in [5, 5.41) is 0. The van der Waals surface area contributed by atoms with Gasteiger partial charge in [-0.15, -0.1) is 0 Å². The van der Waals surface area contributed by atoms with Gasteiger partial charge in [-0.1, -0.05) is 0 Å². The van der Waals surface area contributed by atoms with E-state index in [2.05, 4.69) is 24.6 Å². The largest absolute Gasteiger partial charge is 0.306 e. The molecule has 1 nitrogen and oxygen atoms in total. The predicted octanol–water partition coefficient (Wildman–Crippen LogP) is 1.26. The second-order valence-corrected chi connectivity index (χ2v) is 3.38.